The number of rotatable bonds is 5. The van der Waals surface area contributed by atoms with Gasteiger partial charge in [0.05, 0.1) is 0 Å². The van der Waals surface area contributed by atoms with Gasteiger partial charge in [-0.2, -0.15) is 0 Å². The minimum Gasteiger partial charge on any atom is -0.481 e. The third-order valence-electron chi connectivity index (χ3n) is 3.88. The summed E-state index contributed by atoms with van der Waals surface area (Å²) in [4.78, 5) is 12.9. The summed E-state index contributed by atoms with van der Waals surface area (Å²) >= 11 is 3.45. The van der Waals surface area contributed by atoms with Crippen molar-refractivity contribution >= 4 is 21.9 Å². The Morgan fingerprint density at radius 1 is 1.40 bits per heavy atom. The fraction of sp³-hybridized carbons (Fsp3) is 0.533. The lowest BCUT2D eigenvalue weighted by molar-refractivity contribution is -0.137. The number of hydrogen-bond acceptors (Lipinski definition) is 2. The standard InChI is InChI=1S/C15H19BrFNO2/c16-14-3-2-13(17)9-12(14)10-18-7-5-11(6-8-18)1-4-15(19)20/h2-3,9,11H,1,4-8,10H2,(H,19,20). The maximum Gasteiger partial charge on any atom is 0.303 e. The Hall–Kier alpha value is -0.940. The zero-order valence-electron chi connectivity index (χ0n) is 11.3. The van der Waals surface area contributed by atoms with E-state index in [1.807, 2.05) is 0 Å². The van der Waals surface area contributed by atoms with Gasteiger partial charge < -0.3 is 5.11 Å². The minimum absolute atomic E-state index is 0.209. The quantitative estimate of drug-likeness (QED) is 0.886. The number of piperidine rings is 1. The Morgan fingerprint density at radius 2 is 2.10 bits per heavy atom. The fourth-order valence-corrected chi connectivity index (χ4v) is 3.04. The highest BCUT2D eigenvalue weighted by atomic mass is 79.9. The van der Waals surface area contributed by atoms with Gasteiger partial charge in [0.2, 0.25) is 0 Å². The predicted molar refractivity (Wildman–Crippen MR) is 79.0 cm³/mol. The number of aliphatic carboxylic acids is 1. The Labute approximate surface area is 126 Å². The average molecular weight is 344 g/mol. The van der Waals surface area contributed by atoms with Crippen LogP contribution in [0.15, 0.2) is 22.7 Å². The minimum atomic E-state index is -0.712. The van der Waals surface area contributed by atoms with E-state index in [0.717, 1.165) is 48.9 Å². The third kappa shape index (κ3) is 4.56. The topological polar surface area (TPSA) is 40.5 Å². The van der Waals surface area contributed by atoms with E-state index >= 15 is 0 Å². The van der Waals surface area contributed by atoms with Crippen molar-refractivity contribution < 1.29 is 14.3 Å². The Morgan fingerprint density at radius 3 is 2.75 bits per heavy atom. The number of likely N-dealkylation sites (tertiary alicyclic amines) is 1. The summed E-state index contributed by atoms with van der Waals surface area (Å²) in [6.07, 6.45) is 3.09. The molecular weight excluding hydrogens is 325 g/mol. The third-order valence-corrected chi connectivity index (χ3v) is 4.65. The lowest BCUT2D eigenvalue weighted by Crippen LogP contribution is -2.33. The molecule has 0 spiro atoms. The number of nitrogens with zero attached hydrogens (tertiary/aromatic N) is 1. The SMILES string of the molecule is O=C(O)CCC1CCN(Cc2cc(F)ccc2Br)CC1. The molecule has 0 aliphatic carbocycles. The first-order valence-corrected chi connectivity index (χ1v) is 7.72. The molecule has 2 rings (SSSR count). The first-order chi connectivity index (χ1) is 9.54. The first kappa shape index (κ1) is 15.4. The lowest BCUT2D eigenvalue weighted by atomic mass is 9.92. The zero-order chi connectivity index (χ0) is 14.5. The van der Waals surface area contributed by atoms with Crippen molar-refractivity contribution in [2.75, 3.05) is 13.1 Å². The van der Waals surface area contributed by atoms with Gasteiger partial charge in [-0.15, -0.1) is 0 Å². The molecule has 0 unspecified atom stereocenters. The van der Waals surface area contributed by atoms with Crippen LogP contribution in [0.4, 0.5) is 4.39 Å². The van der Waals surface area contributed by atoms with Crippen LogP contribution in [0, 0.1) is 11.7 Å². The molecule has 3 nitrogen and oxygen atoms in total. The Bertz CT molecular complexity index is 473. The lowest BCUT2D eigenvalue weighted by Gasteiger charge is -2.32. The molecule has 1 aromatic carbocycles. The van der Waals surface area contributed by atoms with Crippen molar-refractivity contribution in [3.63, 3.8) is 0 Å². The van der Waals surface area contributed by atoms with Crippen LogP contribution < -0.4 is 0 Å². The number of carbonyl (C=O) groups is 1. The van der Waals surface area contributed by atoms with E-state index < -0.39 is 5.97 Å². The molecule has 1 aliphatic rings. The second kappa shape index (κ2) is 7.18. The van der Waals surface area contributed by atoms with E-state index in [1.165, 1.54) is 6.07 Å². The normalized spacial score (nSPS) is 17.3. The largest absolute Gasteiger partial charge is 0.481 e. The van der Waals surface area contributed by atoms with E-state index in [0.29, 0.717) is 5.92 Å². The summed E-state index contributed by atoms with van der Waals surface area (Å²) in [5.74, 6) is -0.408. The molecule has 1 N–H and O–H groups in total. The van der Waals surface area contributed by atoms with Gasteiger partial charge in [0.1, 0.15) is 5.82 Å². The zero-order valence-corrected chi connectivity index (χ0v) is 12.9. The van der Waals surface area contributed by atoms with E-state index in [2.05, 4.69) is 20.8 Å². The number of benzene rings is 1. The van der Waals surface area contributed by atoms with E-state index in [1.54, 1.807) is 12.1 Å². The molecule has 20 heavy (non-hydrogen) atoms. The van der Waals surface area contributed by atoms with Gasteiger partial charge in [-0.25, -0.2) is 4.39 Å². The van der Waals surface area contributed by atoms with Crippen molar-refractivity contribution in [2.24, 2.45) is 5.92 Å². The molecular formula is C15H19BrFNO2. The summed E-state index contributed by atoms with van der Waals surface area (Å²) in [6.45, 7) is 2.64. The summed E-state index contributed by atoms with van der Waals surface area (Å²) in [5.41, 5.74) is 0.967. The molecule has 1 saturated heterocycles. The molecule has 0 bridgehead atoms. The molecule has 0 atom stereocenters. The molecule has 5 heteroatoms. The predicted octanol–water partition coefficient (Wildman–Crippen LogP) is 3.67. The van der Waals surface area contributed by atoms with E-state index in [4.69, 9.17) is 5.11 Å². The van der Waals surface area contributed by atoms with Crippen LogP contribution >= 0.6 is 15.9 Å². The molecule has 1 aliphatic heterocycles. The van der Waals surface area contributed by atoms with Crippen LogP contribution in [0.25, 0.3) is 0 Å². The Balaban J connectivity index is 1.82. The molecule has 1 aromatic rings. The highest BCUT2D eigenvalue weighted by molar-refractivity contribution is 9.10. The highest BCUT2D eigenvalue weighted by Gasteiger charge is 2.20. The number of carboxylic acids is 1. The first-order valence-electron chi connectivity index (χ1n) is 6.92. The number of carboxylic acid groups (broad SMARTS) is 1. The molecule has 0 amide bonds. The molecule has 0 radical (unpaired) electrons. The van der Waals surface area contributed by atoms with Gasteiger partial charge in [0, 0.05) is 17.4 Å². The summed E-state index contributed by atoms with van der Waals surface area (Å²) < 4.78 is 14.2. The van der Waals surface area contributed by atoms with Crippen LogP contribution in [0.2, 0.25) is 0 Å². The second-order valence-electron chi connectivity index (χ2n) is 5.39. The molecule has 0 saturated carbocycles. The summed E-state index contributed by atoms with van der Waals surface area (Å²) in [6, 6.07) is 4.76. The molecule has 110 valence electrons. The molecule has 1 fully saturated rings. The highest BCUT2D eigenvalue weighted by Crippen LogP contribution is 2.25. The summed E-state index contributed by atoms with van der Waals surface area (Å²) in [5, 5.41) is 8.70. The second-order valence-corrected chi connectivity index (χ2v) is 6.24. The maximum atomic E-state index is 13.2. The van der Waals surface area contributed by atoms with Crippen molar-refractivity contribution in [1.29, 1.82) is 0 Å². The monoisotopic (exact) mass is 343 g/mol. The fourth-order valence-electron chi connectivity index (χ4n) is 2.67. The summed E-state index contributed by atoms with van der Waals surface area (Å²) in [7, 11) is 0. The van der Waals surface area contributed by atoms with Crippen LogP contribution in [-0.2, 0) is 11.3 Å². The van der Waals surface area contributed by atoms with Gasteiger partial charge in [-0.3, -0.25) is 9.69 Å². The molecule has 0 aromatic heterocycles. The van der Waals surface area contributed by atoms with Crippen LogP contribution in [0.5, 0.6) is 0 Å². The van der Waals surface area contributed by atoms with E-state index in [9.17, 15) is 9.18 Å². The van der Waals surface area contributed by atoms with Crippen molar-refractivity contribution in [2.45, 2.75) is 32.2 Å². The molecule has 1 heterocycles. The van der Waals surface area contributed by atoms with Crippen molar-refractivity contribution in [3.05, 3.63) is 34.1 Å². The smallest absolute Gasteiger partial charge is 0.303 e. The van der Waals surface area contributed by atoms with Gasteiger partial charge in [0.25, 0.3) is 0 Å². The van der Waals surface area contributed by atoms with Gasteiger partial charge in [0.15, 0.2) is 0 Å². The van der Waals surface area contributed by atoms with Crippen molar-refractivity contribution in [3.8, 4) is 0 Å². The van der Waals surface area contributed by atoms with Gasteiger partial charge in [-0.1, -0.05) is 15.9 Å². The Kier molecular flexibility index (Phi) is 5.54. The number of halogens is 2. The van der Waals surface area contributed by atoms with Crippen LogP contribution in [0.1, 0.15) is 31.2 Å². The van der Waals surface area contributed by atoms with Gasteiger partial charge in [-0.05, 0) is 62.0 Å². The van der Waals surface area contributed by atoms with Crippen LogP contribution in [0.3, 0.4) is 0 Å². The van der Waals surface area contributed by atoms with Crippen LogP contribution in [-0.4, -0.2) is 29.1 Å². The maximum absolute atomic E-state index is 13.2. The number of hydrogen-bond donors (Lipinski definition) is 1. The van der Waals surface area contributed by atoms with Crippen molar-refractivity contribution in [1.82, 2.24) is 4.90 Å². The van der Waals surface area contributed by atoms with E-state index in [-0.39, 0.29) is 12.2 Å². The average Bonchev–Trinajstić information content (AvgIpc) is 2.42. The van der Waals surface area contributed by atoms with Gasteiger partial charge >= 0.3 is 5.97 Å².